The SMILES string of the molecule is CSc1nnc(SCC(Sc2nnc(SCC(C)C(=O)OCCC(F)(F)C(F)(F)C(F)(F)C(F)(F)C(F)(F)C(F)(F)F)s2)C(=O)OCCC(F)(F)C(F)(F)C(F)(F)C(F)(F)C(F)(F)C(F)(F)F)s1. The number of rotatable bonds is 25. The Morgan fingerprint density at radius 2 is 0.794 bits per heavy atom. The second-order valence-electron chi connectivity index (χ2n) is 12.8. The van der Waals surface area contributed by atoms with Crippen LogP contribution in [0.3, 0.4) is 0 Å². The van der Waals surface area contributed by atoms with E-state index in [0.29, 0.717) is 51.0 Å². The fraction of sp³-hybridized carbons (Fsp3) is 0.786. The molecule has 2 heterocycles. The number of ether oxygens (including phenoxy) is 2. The average molecular weight is 1160 g/mol. The van der Waals surface area contributed by atoms with Gasteiger partial charge in [-0.25, -0.2) is 0 Å². The van der Waals surface area contributed by atoms with Gasteiger partial charge < -0.3 is 9.47 Å². The summed E-state index contributed by atoms with van der Waals surface area (Å²) >= 11 is 3.94. The van der Waals surface area contributed by atoms with Crippen LogP contribution in [0, 0.1) is 5.92 Å². The Morgan fingerprint density at radius 3 is 1.16 bits per heavy atom. The Bertz CT molecular complexity index is 2030. The van der Waals surface area contributed by atoms with Crippen LogP contribution < -0.4 is 0 Å². The van der Waals surface area contributed by atoms with E-state index in [9.17, 15) is 124 Å². The first-order chi connectivity index (χ1) is 30.3. The van der Waals surface area contributed by atoms with Crippen molar-refractivity contribution in [2.24, 2.45) is 5.92 Å². The second-order valence-corrected chi connectivity index (χ2v) is 19.8. The van der Waals surface area contributed by atoms with Crippen LogP contribution in [0.25, 0.3) is 0 Å². The first-order valence-electron chi connectivity index (χ1n) is 16.6. The largest absolute Gasteiger partial charge is 0.465 e. The molecule has 0 aliphatic heterocycles. The number of halogens is 26. The average Bonchev–Trinajstić information content (AvgIpc) is 3.86. The van der Waals surface area contributed by atoms with Crippen molar-refractivity contribution in [2.45, 2.75) is 114 Å². The molecule has 394 valence electrons. The van der Waals surface area contributed by atoms with Crippen molar-refractivity contribution < 1.29 is 133 Å². The molecule has 0 amide bonds. The highest BCUT2D eigenvalue weighted by Crippen LogP contribution is 2.62. The molecule has 0 saturated carbocycles. The van der Waals surface area contributed by atoms with Gasteiger partial charge in [-0.05, 0) is 6.26 Å². The number of alkyl halides is 26. The van der Waals surface area contributed by atoms with Crippen molar-refractivity contribution in [3.63, 3.8) is 0 Å². The summed E-state index contributed by atoms with van der Waals surface area (Å²) in [6, 6.07) is 0. The predicted octanol–water partition coefficient (Wildman–Crippen LogP) is 12.4. The molecule has 0 N–H and O–H groups in total. The normalized spacial score (nSPS) is 15.6. The van der Waals surface area contributed by atoms with Gasteiger partial charge in [0, 0.05) is 11.5 Å². The van der Waals surface area contributed by atoms with Crippen molar-refractivity contribution in [2.75, 3.05) is 31.0 Å². The van der Waals surface area contributed by atoms with Crippen LogP contribution in [0.2, 0.25) is 0 Å². The van der Waals surface area contributed by atoms with Gasteiger partial charge in [0.15, 0.2) is 17.4 Å². The minimum atomic E-state index is -8.18. The van der Waals surface area contributed by atoms with E-state index in [2.05, 4.69) is 29.9 Å². The molecule has 0 fully saturated rings. The van der Waals surface area contributed by atoms with Gasteiger partial charge in [-0.2, -0.15) is 114 Å². The van der Waals surface area contributed by atoms with Gasteiger partial charge >= 0.3 is 83.5 Å². The molecule has 2 aromatic heterocycles. The number of hydrogen-bond donors (Lipinski definition) is 0. The number of carbonyl (C=O) groups excluding carboxylic acids is 2. The van der Waals surface area contributed by atoms with E-state index in [4.69, 9.17) is 0 Å². The van der Waals surface area contributed by atoms with E-state index in [1.54, 1.807) is 6.26 Å². The molecule has 0 aliphatic carbocycles. The first-order valence-corrected chi connectivity index (χ1v) is 22.3. The molecule has 2 unspecified atom stereocenters. The number of aromatic nitrogens is 4. The molecule has 2 aromatic rings. The molecule has 0 spiro atoms. The molecule has 2 atom stereocenters. The second kappa shape index (κ2) is 21.0. The smallest absolute Gasteiger partial charge is 0.460 e. The van der Waals surface area contributed by atoms with Crippen molar-refractivity contribution >= 4 is 81.7 Å². The number of esters is 2. The summed E-state index contributed by atoms with van der Waals surface area (Å²) in [5.41, 5.74) is 0. The molecule has 0 saturated heterocycles. The van der Waals surface area contributed by atoms with E-state index in [1.807, 2.05) is 0 Å². The Balaban J connectivity index is 2.15. The van der Waals surface area contributed by atoms with Gasteiger partial charge in [0.25, 0.3) is 0 Å². The lowest BCUT2D eigenvalue weighted by molar-refractivity contribution is -0.440. The number of thioether (sulfide) groups is 4. The molecule has 2 rings (SSSR count). The number of nitrogens with zero attached hydrogens (tertiary/aromatic N) is 4. The molecule has 8 nitrogen and oxygen atoms in total. The molecular formula is C28H20F26N4O4S6. The summed E-state index contributed by atoms with van der Waals surface area (Å²) in [6.07, 6.45) is -19.5. The summed E-state index contributed by atoms with van der Waals surface area (Å²) in [7, 11) is 0. The summed E-state index contributed by atoms with van der Waals surface area (Å²) in [4.78, 5) is 25.1. The van der Waals surface area contributed by atoms with Gasteiger partial charge in [0.2, 0.25) is 0 Å². The Hall–Kier alpha value is -2.36. The highest BCUT2D eigenvalue weighted by Gasteiger charge is 2.92. The van der Waals surface area contributed by atoms with Gasteiger partial charge in [-0.1, -0.05) is 76.6 Å². The lowest BCUT2D eigenvalue weighted by Gasteiger charge is -2.39. The maximum atomic E-state index is 14.3. The Morgan fingerprint density at radius 1 is 0.471 bits per heavy atom. The third kappa shape index (κ3) is 12.1. The molecule has 0 aromatic carbocycles. The van der Waals surface area contributed by atoms with Crippen molar-refractivity contribution in [3.8, 4) is 0 Å². The van der Waals surface area contributed by atoms with Crippen LogP contribution >= 0.6 is 69.7 Å². The van der Waals surface area contributed by atoms with E-state index < -0.39 is 132 Å². The van der Waals surface area contributed by atoms with Crippen molar-refractivity contribution in [1.29, 1.82) is 0 Å². The lowest BCUT2D eigenvalue weighted by Crippen LogP contribution is -2.70. The first kappa shape index (κ1) is 61.8. The lowest BCUT2D eigenvalue weighted by atomic mass is 9.93. The fourth-order valence-corrected chi connectivity index (χ4v) is 9.93. The molecule has 0 bridgehead atoms. The van der Waals surface area contributed by atoms with Crippen LogP contribution in [0.4, 0.5) is 114 Å². The van der Waals surface area contributed by atoms with E-state index in [0.717, 1.165) is 30.0 Å². The maximum Gasteiger partial charge on any atom is 0.460 e. The molecule has 0 radical (unpaired) electrons. The molecular weight excluding hydrogens is 1140 g/mol. The topological polar surface area (TPSA) is 104 Å². The van der Waals surface area contributed by atoms with Crippen molar-refractivity contribution in [1.82, 2.24) is 20.4 Å². The van der Waals surface area contributed by atoms with Crippen LogP contribution in [-0.4, -0.2) is 140 Å². The summed E-state index contributed by atoms with van der Waals surface area (Å²) in [5.74, 6) is -82.9. The third-order valence-electron chi connectivity index (χ3n) is 7.99. The summed E-state index contributed by atoms with van der Waals surface area (Å²) in [5, 5.41) is 12.9. The highest BCUT2D eigenvalue weighted by atomic mass is 32.2. The van der Waals surface area contributed by atoms with Crippen molar-refractivity contribution in [3.05, 3.63) is 0 Å². The van der Waals surface area contributed by atoms with Gasteiger partial charge in [0.05, 0.1) is 32.0 Å². The molecule has 0 aliphatic rings. The predicted molar refractivity (Wildman–Crippen MR) is 185 cm³/mol. The van der Waals surface area contributed by atoms with Crippen LogP contribution in [-0.2, 0) is 19.1 Å². The summed E-state index contributed by atoms with van der Waals surface area (Å²) in [6.45, 7) is -3.25. The van der Waals surface area contributed by atoms with E-state index in [-0.39, 0.29) is 13.0 Å². The summed E-state index contributed by atoms with van der Waals surface area (Å²) < 4.78 is 356. The number of carbonyl (C=O) groups is 2. The zero-order valence-corrected chi connectivity index (χ0v) is 37.0. The third-order valence-corrected chi connectivity index (χ3v) is 14.9. The monoisotopic (exact) mass is 1160 g/mol. The highest BCUT2D eigenvalue weighted by molar-refractivity contribution is 8.06. The van der Waals surface area contributed by atoms with Crippen LogP contribution in [0.5, 0.6) is 0 Å². The Kier molecular flexibility index (Phi) is 19.1. The zero-order chi connectivity index (χ0) is 53.3. The maximum absolute atomic E-state index is 14.3. The minimum Gasteiger partial charge on any atom is -0.465 e. The van der Waals surface area contributed by atoms with E-state index >= 15 is 0 Å². The standard InChI is InChI=1S/C28H20F26N4O4S6/c1-9(11(59)61-5-3-17(29,30)19(33,34)21(37,38)23(41,42)25(45,46)27(49,50)51)7-64-14-57-58-16(68-14)66-10(8-65-15-56-55-13(63-2)67-15)12(60)62-6-4-18(31,32)20(35,36)22(39,40)24(43,44)26(47,48)28(52,53)54/h9-10H,3-8H2,1-2H3. The quantitative estimate of drug-likeness (QED) is 0.0537. The van der Waals surface area contributed by atoms with Gasteiger partial charge in [0.1, 0.15) is 5.25 Å². The molecule has 40 heteroatoms. The fourth-order valence-electron chi connectivity index (χ4n) is 4.04. The van der Waals surface area contributed by atoms with E-state index in [1.165, 1.54) is 0 Å². The van der Waals surface area contributed by atoms with Crippen LogP contribution in [0.1, 0.15) is 19.8 Å². The zero-order valence-electron chi connectivity index (χ0n) is 32.1. The minimum absolute atomic E-state index is 0.0923. The number of hydrogen-bond acceptors (Lipinski definition) is 14. The molecule has 68 heavy (non-hydrogen) atoms. The van der Waals surface area contributed by atoms with Crippen LogP contribution in [0.15, 0.2) is 17.4 Å². The van der Waals surface area contributed by atoms with Gasteiger partial charge in [-0.3, -0.25) is 9.59 Å². The van der Waals surface area contributed by atoms with Gasteiger partial charge in [-0.15, -0.1) is 20.4 Å². The Labute approximate surface area is 385 Å².